The van der Waals surface area contributed by atoms with Crippen molar-refractivity contribution in [3.8, 4) is 5.75 Å². The number of nitrogens with zero attached hydrogens (tertiary/aromatic N) is 1. The van der Waals surface area contributed by atoms with Crippen LogP contribution >= 0.6 is 11.6 Å². The molecule has 1 heterocycles. The Kier molecular flexibility index (Phi) is 6.33. The minimum atomic E-state index is -3.71. The van der Waals surface area contributed by atoms with Crippen molar-refractivity contribution in [2.75, 3.05) is 12.8 Å². The molecule has 1 N–H and O–H groups in total. The highest BCUT2D eigenvalue weighted by Crippen LogP contribution is 2.26. The smallest absolute Gasteiger partial charge is 0.318 e. The molecule has 0 spiro atoms. The van der Waals surface area contributed by atoms with E-state index in [-0.39, 0.29) is 24.9 Å². The van der Waals surface area contributed by atoms with Gasteiger partial charge in [-0.15, -0.1) is 0 Å². The van der Waals surface area contributed by atoms with Crippen molar-refractivity contribution < 1.29 is 21.8 Å². The summed E-state index contributed by atoms with van der Waals surface area (Å²) in [5, 5.41) is 3.12. The van der Waals surface area contributed by atoms with Gasteiger partial charge in [0.25, 0.3) is 0 Å². The van der Waals surface area contributed by atoms with E-state index in [1.165, 1.54) is 23.3 Å². The predicted octanol–water partition coefficient (Wildman–Crippen LogP) is 3.00. The first kappa shape index (κ1) is 19.1. The zero-order chi connectivity index (χ0) is 18.4. The van der Waals surface area contributed by atoms with E-state index in [4.69, 9.17) is 20.2 Å². The number of nitrogens with one attached hydrogen (secondary N) is 1. The van der Waals surface area contributed by atoms with Gasteiger partial charge in [-0.2, -0.15) is 8.42 Å². The Morgan fingerprint density at radius 1 is 1.32 bits per heavy atom. The van der Waals surface area contributed by atoms with E-state index >= 15 is 0 Å². The summed E-state index contributed by atoms with van der Waals surface area (Å²) in [5.41, 5.74) is 0.468. The van der Waals surface area contributed by atoms with Crippen LogP contribution in [0.3, 0.4) is 0 Å². The molecule has 0 aliphatic heterocycles. The Morgan fingerprint density at radius 3 is 2.68 bits per heavy atom. The lowest BCUT2D eigenvalue weighted by molar-refractivity contribution is 0.187. The van der Waals surface area contributed by atoms with Crippen LogP contribution in [0.25, 0.3) is 0 Å². The van der Waals surface area contributed by atoms with Gasteiger partial charge in [-0.1, -0.05) is 11.6 Å². The second kappa shape index (κ2) is 8.26. The molecular weight excluding hydrogens is 368 g/mol. The van der Waals surface area contributed by atoms with Crippen LogP contribution in [0.15, 0.2) is 41.0 Å². The summed E-state index contributed by atoms with van der Waals surface area (Å²) in [6, 6.07) is 7.71. The first-order valence-electron chi connectivity index (χ1n) is 7.51. The van der Waals surface area contributed by atoms with Crippen LogP contribution in [-0.2, 0) is 23.2 Å². The van der Waals surface area contributed by atoms with Crippen molar-refractivity contribution in [1.82, 2.24) is 10.2 Å². The number of amides is 2. The summed E-state index contributed by atoms with van der Waals surface area (Å²) in [6.07, 6.45) is 2.47. The van der Waals surface area contributed by atoms with Crippen molar-refractivity contribution >= 4 is 27.8 Å². The van der Waals surface area contributed by atoms with Crippen LogP contribution in [0.2, 0.25) is 5.02 Å². The fourth-order valence-electron chi connectivity index (χ4n) is 2.17. The molecule has 2 aromatic rings. The molecule has 2 rings (SSSR count). The van der Waals surface area contributed by atoms with Crippen LogP contribution in [-0.4, -0.2) is 32.1 Å². The Morgan fingerprint density at radius 2 is 2.08 bits per heavy atom. The summed E-state index contributed by atoms with van der Waals surface area (Å²) < 4.78 is 33.2. The summed E-state index contributed by atoms with van der Waals surface area (Å²) in [7, 11) is -3.71. The quantitative estimate of drug-likeness (QED) is 0.739. The molecule has 7 nitrogen and oxygen atoms in total. The molecule has 0 saturated heterocycles. The van der Waals surface area contributed by atoms with Crippen LogP contribution in [0.4, 0.5) is 4.79 Å². The highest BCUT2D eigenvalue weighted by atomic mass is 35.5. The number of carbonyl (C=O) groups excluding carboxylic acids is 1. The summed E-state index contributed by atoms with van der Waals surface area (Å²) in [4.78, 5) is 13.8. The molecule has 136 valence electrons. The molecule has 0 bridgehead atoms. The van der Waals surface area contributed by atoms with Gasteiger partial charge in [0.1, 0.15) is 11.5 Å². The van der Waals surface area contributed by atoms with E-state index in [2.05, 4.69) is 5.32 Å². The molecule has 0 saturated carbocycles. The maximum atomic E-state index is 12.3. The average Bonchev–Trinajstić information content (AvgIpc) is 3.01. The van der Waals surface area contributed by atoms with Gasteiger partial charge in [-0.05, 0) is 37.3 Å². The fourth-order valence-corrected chi connectivity index (χ4v) is 2.86. The van der Waals surface area contributed by atoms with E-state index in [0.29, 0.717) is 22.9 Å². The van der Waals surface area contributed by atoms with Crippen LogP contribution in [0, 0.1) is 0 Å². The summed E-state index contributed by atoms with van der Waals surface area (Å²) >= 11 is 6.01. The molecule has 0 unspecified atom stereocenters. The monoisotopic (exact) mass is 386 g/mol. The molecule has 0 atom stereocenters. The van der Waals surface area contributed by atoms with Gasteiger partial charge in [-0.25, -0.2) is 4.79 Å². The van der Waals surface area contributed by atoms with Crippen LogP contribution in [0.1, 0.15) is 18.2 Å². The summed E-state index contributed by atoms with van der Waals surface area (Å²) in [6.45, 7) is 2.57. The van der Waals surface area contributed by atoms with Gasteiger partial charge in [0.2, 0.25) is 0 Å². The van der Waals surface area contributed by atoms with Gasteiger partial charge >= 0.3 is 16.1 Å². The lowest BCUT2D eigenvalue weighted by Gasteiger charge is -2.23. The minimum absolute atomic E-state index is 0.0952. The lowest BCUT2D eigenvalue weighted by atomic mass is 10.2. The number of hydrogen-bond donors (Lipinski definition) is 1. The highest BCUT2D eigenvalue weighted by Gasteiger charge is 2.19. The second-order valence-corrected chi connectivity index (χ2v) is 7.32. The Balaban J connectivity index is 2.30. The molecule has 2 amide bonds. The van der Waals surface area contributed by atoms with Crippen molar-refractivity contribution in [3.63, 3.8) is 0 Å². The largest absolute Gasteiger partial charge is 0.467 e. The SMILES string of the molecule is CCNC(=O)N(Cc1ccco1)Cc1cc(Cl)ccc1OS(C)(=O)=O. The van der Waals surface area contributed by atoms with Gasteiger partial charge in [0.05, 0.1) is 25.6 Å². The number of furan rings is 1. The Hall–Kier alpha value is -2.19. The third kappa shape index (κ3) is 5.99. The first-order valence-corrected chi connectivity index (χ1v) is 9.71. The number of hydrogen-bond acceptors (Lipinski definition) is 5. The van der Waals surface area contributed by atoms with E-state index < -0.39 is 10.1 Å². The minimum Gasteiger partial charge on any atom is -0.467 e. The van der Waals surface area contributed by atoms with Gasteiger partial charge in [0.15, 0.2) is 0 Å². The molecule has 1 aromatic carbocycles. The Labute approximate surface area is 151 Å². The lowest BCUT2D eigenvalue weighted by Crippen LogP contribution is -2.39. The molecular formula is C16H19ClN2O5S. The summed E-state index contributed by atoms with van der Waals surface area (Å²) in [5.74, 6) is 0.722. The van der Waals surface area contributed by atoms with Crippen LogP contribution in [0.5, 0.6) is 5.75 Å². The number of benzene rings is 1. The zero-order valence-corrected chi connectivity index (χ0v) is 15.4. The molecule has 0 fully saturated rings. The van der Waals surface area contributed by atoms with Crippen molar-refractivity contribution in [1.29, 1.82) is 0 Å². The van der Waals surface area contributed by atoms with E-state index in [1.807, 2.05) is 0 Å². The third-order valence-electron chi connectivity index (χ3n) is 3.17. The maximum absolute atomic E-state index is 12.3. The number of carbonyl (C=O) groups is 1. The number of urea groups is 1. The third-order valence-corrected chi connectivity index (χ3v) is 3.88. The van der Waals surface area contributed by atoms with E-state index in [9.17, 15) is 13.2 Å². The number of rotatable bonds is 7. The van der Waals surface area contributed by atoms with Gasteiger partial charge in [0, 0.05) is 17.1 Å². The fraction of sp³-hybridized carbons (Fsp3) is 0.312. The average molecular weight is 387 g/mol. The highest BCUT2D eigenvalue weighted by molar-refractivity contribution is 7.86. The van der Waals surface area contributed by atoms with E-state index in [1.54, 1.807) is 25.1 Å². The van der Waals surface area contributed by atoms with E-state index in [0.717, 1.165) is 6.26 Å². The normalized spacial score (nSPS) is 11.2. The van der Waals surface area contributed by atoms with Crippen molar-refractivity contribution in [2.24, 2.45) is 0 Å². The standard InChI is InChI=1S/C16H19ClN2O5S/c1-3-18-16(20)19(11-14-5-4-8-23-14)10-12-9-13(17)6-7-15(12)24-25(2,21)22/h4-9H,3,10-11H2,1-2H3,(H,18,20). The second-order valence-electron chi connectivity index (χ2n) is 5.31. The van der Waals surface area contributed by atoms with Crippen molar-refractivity contribution in [2.45, 2.75) is 20.0 Å². The van der Waals surface area contributed by atoms with Crippen molar-refractivity contribution in [3.05, 3.63) is 52.9 Å². The topological polar surface area (TPSA) is 88.8 Å². The zero-order valence-electron chi connectivity index (χ0n) is 13.9. The molecule has 0 aliphatic carbocycles. The first-order chi connectivity index (χ1) is 11.8. The van der Waals surface area contributed by atoms with Gasteiger partial charge in [-0.3, -0.25) is 0 Å². The maximum Gasteiger partial charge on any atom is 0.318 e. The molecule has 9 heteroatoms. The van der Waals surface area contributed by atoms with Gasteiger partial charge < -0.3 is 18.8 Å². The predicted molar refractivity (Wildman–Crippen MR) is 94.0 cm³/mol. The molecule has 25 heavy (non-hydrogen) atoms. The van der Waals surface area contributed by atoms with Crippen LogP contribution < -0.4 is 9.50 Å². The molecule has 0 radical (unpaired) electrons. The Bertz CT molecular complexity index is 821. The number of halogens is 1. The molecule has 0 aliphatic rings. The molecule has 1 aromatic heterocycles.